The van der Waals surface area contributed by atoms with Crippen LogP contribution in [0.1, 0.15) is 5.56 Å². The number of fused-ring (bicyclic) bond motifs is 3. The molecule has 6 aromatic rings. The van der Waals surface area contributed by atoms with Crippen LogP contribution in [0.3, 0.4) is 0 Å². The highest BCUT2D eigenvalue weighted by atomic mass is 32.2. The summed E-state index contributed by atoms with van der Waals surface area (Å²) >= 11 is 1.48. The van der Waals surface area contributed by atoms with Gasteiger partial charge < -0.3 is 20.2 Å². The van der Waals surface area contributed by atoms with Gasteiger partial charge in [-0.15, -0.1) is 0 Å². The third-order valence-electron chi connectivity index (χ3n) is 7.30. The first kappa shape index (κ1) is 28.1. The number of nitrogens with one attached hydrogen (secondary N) is 2. The average Bonchev–Trinajstić information content (AvgIpc) is 3.43. The highest BCUT2D eigenvalue weighted by molar-refractivity contribution is 7.98. The fourth-order valence-electron chi connectivity index (χ4n) is 5.06. The van der Waals surface area contributed by atoms with Gasteiger partial charge in [-0.2, -0.15) is 11.8 Å². The average molecular weight is 587 g/mol. The summed E-state index contributed by atoms with van der Waals surface area (Å²) in [6, 6.07) is 39.5. The number of carboxylic acids is 1. The van der Waals surface area contributed by atoms with Crippen LogP contribution in [0.15, 0.2) is 126 Å². The zero-order valence-electron chi connectivity index (χ0n) is 23.3. The maximum absolute atomic E-state index is 12.3. The van der Waals surface area contributed by atoms with E-state index in [2.05, 4.69) is 83.4 Å². The van der Waals surface area contributed by atoms with E-state index in [0.717, 1.165) is 55.4 Å². The molecule has 1 heterocycles. The van der Waals surface area contributed by atoms with Crippen LogP contribution in [0.2, 0.25) is 0 Å². The predicted octanol–water partition coefficient (Wildman–Crippen LogP) is 7.83. The molecule has 0 aliphatic heterocycles. The topological polar surface area (TPSA) is 91.6 Å². The van der Waals surface area contributed by atoms with Crippen LogP contribution in [-0.4, -0.2) is 35.3 Å². The molecule has 7 heteroatoms. The van der Waals surface area contributed by atoms with E-state index < -0.39 is 12.0 Å². The summed E-state index contributed by atoms with van der Waals surface area (Å²) in [7, 11) is 0. The summed E-state index contributed by atoms with van der Waals surface area (Å²) in [6.07, 6.45) is 0. The number of carboxylic acid groups (broad SMARTS) is 1. The second kappa shape index (κ2) is 12.9. The first-order valence-electron chi connectivity index (χ1n) is 14.0. The SMILES string of the molecule is O=C(CNc1ccccc1)N[C@@H](CSCc1ccc(-c2ccc(-c3cccc4c3oc3ccccc34)cc2)cc1)C(=O)O. The zero-order valence-corrected chi connectivity index (χ0v) is 24.1. The minimum Gasteiger partial charge on any atom is -0.480 e. The molecule has 1 aromatic heterocycles. The third-order valence-corrected chi connectivity index (χ3v) is 8.41. The molecular weight excluding hydrogens is 556 g/mol. The van der Waals surface area contributed by atoms with Crippen LogP contribution in [0, 0.1) is 0 Å². The first-order valence-corrected chi connectivity index (χ1v) is 15.2. The predicted molar refractivity (Wildman–Crippen MR) is 175 cm³/mol. The lowest BCUT2D eigenvalue weighted by atomic mass is 9.98. The Balaban J connectivity index is 1.05. The van der Waals surface area contributed by atoms with Gasteiger partial charge in [0.05, 0.1) is 6.54 Å². The van der Waals surface area contributed by atoms with Gasteiger partial charge >= 0.3 is 5.97 Å². The second-order valence-corrected chi connectivity index (χ2v) is 11.3. The molecule has 0 aliphatic carbocycles. The smallest absolute Gasteiger partial charge is 0.327 e. The molecule has 0 bridgehead atoms. The van der Waals surface area contributed by atoms with Crippen molar-refractivity contribution in [2.45, 2.75) is 11.8 Å². The van der Waals surface area contributed by atoms with E-state index in [4.69, 9.17) is 4.42 Å². The van der Waals surface area contributed by atoms with E-state index >= 15 is 0 Å². The number of thioether (sulfide) groups is 1. The first-order chi connectivity index (χ1) is 21.0. The Labute approximate surface area is 253 Å². The van der Waals surface area contributed by atoms with E-state index in [1.54, 1.807) is 0 Å². The van der Waals surface area contributed by atoms with Crippen LogP contribution in [0.5, 0.6) is 0 Å². The Morgan fingerprint density at radius 2 is 1.37 bits per heavy atom. The van der Waals surface area contributed by atoms with Gasteiger partial charge in [0.2, 0.25) is 5.91 Å². The molecular formula is C36H30N2O4S. The maximum atomic E-state index is 12.3. The van der Waals surface area contributed by atoms with Crippen molar-refractivity contribution in [3.8, 4) is 22.3 Å². The molecule has 0 saturated heterocycles. The van der Waals surface area contributed by atoms with Gasteiger partial charge in [0.15, 0.2) is 0 Å². The summed E-state index contributed by atoms with van der Waals surface area (Å²) in [5.74, 6) is -0.492. The number of hydrogen-bond acceptors (Lipinski definition) is 5. The Hall–Kier alpha value is -5.01. The Morgan fingerprint density at radius 1 is 0.721 bits per heavy atom. The van der Waals surface area contributed by atoms with E-state index in [1.165, 1.54) is 11.8 Å². The Kier molecular flexibility index (Phi) is 8.42. The number of furan rings is 1. The molecule has 0 spiro atoms. The molecule has 6 nitrogen and oxygen atoms in total. The van der Waals surface area contributed by atoms with Crippen molar-refractivity contribution in [3.63, 3.8) is 0 Å². The van der Waals surface area contributed by atoms with E-state index in [1.807, 2.05) is 48.5 Å². The van der Waals surface area contributed by atoms with Crippen molar-refractivity contribution < 1.29 is 19.1 Å². The summed E-state index contributed by atoms with van der Waals surface area (Å²) in [5, 5.41) is 17.4. The molecule has 6 rings (SSSR count). The number of rotatable bonds is 11. The minimum absolute atomic E-state index is 0.0104. The van der Waals surface area contributed by atoms with Crippen molar-refractivity contribution in [2.24, 2.45) is 0 Å². The molecule has 1 amide bonds. The van der Waals surface area contributed by atoms with Gasteiger partial charge in [0, 0.05) is 33.5 Å². The standard InChI is InChI=1S/C36H30N2O4S/c39-34(21-37-28-7-2-1-3-8-28)38-32(36(40)41)23-43-22-24-13-15-25(16-14-24)26-17-19-27(20-18-26)29-10-6-11-31-30-9-4-5-12-33(30)42-35(29)31/h1-20,32,37H,21-23H2,(H,38,39)(H,40,41)/t32-/m0/s1. The summed E-state index contributed by atoms with van der Waals surface area (Å²) in [4.78, 5) is 24.0. The summed E-state index contributed by atoms with van der Waals surface area (Å²) in [6.45, 7) is 0.0104. The lowest BCUT2D eigenvalue weighted by Gasteiger charge is -2.15. The Bertz CT molecular complexity index is 1870. The molecule has 0 radical (unpaired) electrons. The third kappa shape index (κ3) is 6.58. The van der Waals surface area contributed by atoms with Gasteiger partial charge in [-0.1, -0.05) is 103 Å². The van der Waals surface area contributed by atoms with Crippen molar-refractivity contribution in [3.05, 3.63) is 127 Å². The van der Waals surface area contributed by atoms with Crippen molar-refractivity contribution in [2.75, 3.05) is 17.6 Å². The van der Waals surface area contributed by atoms with Crippen LogP contribution in [0.4, 0.5) is 5.69 Å². The molecule has 5 aromatic carbocycles. The monoisotopic (exact) mass is 586 g/mol. The molecule has 43 heavy (non-hydrogen) atoms. The molecule has 0 aliphatic rings. The normalized spacial score (nSPS) is 11.8. The van der Waals surface area contributed by atoms with Crippen LogP contribution in [0.25, 0.3) is 44.2 Å². The number of benzene rings is 5. The molecule has 3 N–H and O–H groups in total. The number of anilines is 1. The Morgan fingerprint density at radius 3 is 2.12 bits per heavy atom. The van der Waals surface area contributed by atoms with Crippen LogP contribution in [-0.2, 0) is 15.3 Å². The minimum atomic E-state index is -1.05. The second-order valence-electron chi connectivity index (χ2n) is 10.2. The lowest BCUT2D eigenvalue weighted by Crippen LogP contribution is -2.44. The molecule has 1 atom stereocenters. The van der Waals surface area contributed by atoms with E-state index in [0.29, 0.717) is 5.75 Å². The highest BCUT2D eigenvalue weighted by Crippen LogP contribution is 2.36. The quantitative estimate of drug-likeness (QED) is 0.143. The molecule has 0 unspecified atom stereocenters. The van der Waals surface area contributed by atoms with Crippen molar-refractivity contribution >= 4 is 51.3 Å². The van der Waals surface area contributed by atoms with Crippen LogP contribution < -0.4 is 10.6 Å². The van der Waals surface area contributed by atoms with Gasteiger partial charge in [-0.05, 0) is 40.5 Å². The lowest BCUT2D eigenvalue weighted by molar-refractivity contribution is -0.140. The van der Waals surface area contributed by atoms with E-state index in [-0.39, 0.29) is 18.2 Å². The summed E-state index contributed by atoms with van der Waals surface area (Å²) < 4.78 is 6.21. The van der Waals surface area contributed by atoms with Crippen molar-refractivity contribution in [1.29, 1.82) is 0 Å². The molecule has 214 valence electrons. The largest absolute Gasteiger partial charge is 0.480 e. The number of para-hydroxylation sites is 3. The number of carbonyl (C=O) groups excluding carboxylic acids is 1. The fraction of sp³-hybridized carbons (Fsp3) is 0.111. The van der Waals surface area contributed by atoms with Gasteiger partial charge in [0.25, 0.3) is 0 Å². The van der Waals surface area contributed by atoms with E-state index in [9.17, 15) is 14.7 Å². The van der Waals surface area contributed by atoms with Gasteiger partial charge in [-0.25, -0.2) is 4.79 Å². The van der Waals surface area contributed by atoms with Crippen molar-refractivity contribution in [1.82, 2.24) is 5.32 Å². The maximum Gasteiger partial charge on any atom is 0.327 e. The number of amides is 1. The van der Waals surface area contributed by atoms with Crippen LogP contribution >= 0.6 is 11.8 Å². The number of aliphatic carboxylic acids is 1. The number of hydrogen-bond donors (Lipinski definition) is 3. The van der Waals surface area contributed by atoms with Gasteiger partial charge in [-0.3, -0.25) is 4.79 Å². The molecule has 0 saturated carbocycles. The summed E-state index contributed by atoms with van der Waals surface area (Å²) in [5.41, 5.74) is 8.04. The fourth-order valence-corrected chi connectivity index (χ4v) is 6.07. The highest BCUT2D eigenvalue weighted by Gasteiger charge is 2.20. The number of carbonyl (C=O) groups is 2. The zero-order chi connectivity index (χ0) is 29.6. The molecule has 0 fully saturated rings. The van der Waals surface area contributed by atoms with Gasteiger partial charge in [0.1, 0.15) is 17.2 Å².